The Morgan fingerprint density at radius 1 is 1.54 bits per heavy atom. The van der Waals surface area contributed by atoms with Crippen LogP contribution in [0.15, 0.2) is 30.9 Å². The van der Waals surface area contributed by atoms with Crippen molar-refractivity contribution in [2.45, 2.75) is 13.0 Å². The molecule has 0 aliphatic carbocycles. The molecule has 2 heteroatoms. The molecule has 0 aromatic heterocycles. The van der Waals surface area contributed by atoms with Gasteiger partial charge in [0.1, 0.15) is 5.75 Å². The first-order chi connectivity index (χ1) is 6.19. The van der Waals surface area contributed by atoms with Crippen molar-refractivity contribution < 1.29 is 4.74 Å². The van der Waals surface area contributed by atoms with Gasteiger partial charge >= 0.3 is 0 Å². The summed E-state index contributed by atoms with van der Waals surface area (Å²) in [5, 5.41) is 0. The minimum absolute atomic E-state index is 0.157. The topological polar surface area (TPSA) is 35.2 Å². The van der Waals surface area contributed by atoms with Gasteiger partial charge in [-0.3, -0.25) is 0 Å². The molecule has 0 saturated heterocycles. The second-order valence-electron chi connectivity index (χ2n) is 3.01. The van der Waals surface area contributed by atoms with Crippen LogP contribution in [-0.2, 0) is 0 Å². The van der Waals surface area contributed by atoms with Crippen LogP contribution in [0.4, 0.5) is 0 Å². The van der Waals surface area contributed by atoms with E-state index in [1.54, 1.807) is 13.2 Å². The predicted molar refractivity (Wildman–Crippen MR) is 54.9 cm³/mol. The third kappa shape index (κ3) is 2.10. The number of hydrogen-bond acceptors (Lipinski definition) is 2. The summed E-state index contributed by atoms with van der Waals surface area (Å²) < 4.78 is 5.22. The Morgan fingerprint density at radius 2 is 2.23 bits per heavy atom. The lowest BCUT2D eigenvalue weighted by atomic mass is 10.0. The second-order valence-corrected chi connectivity index (χ2v) is 3.01. The number of hydrogen-bond donors (Lipinski definition) is 1. The van der Waals surface area contributed by atoms with Crippen molar-refractivity contribution in [2.24, 2.45) is 5.73 Å². The summed E-state index contributed by atoms with van der Waals surface area (Å²) in [7, 11) is 1.65. The average Bonchev–Trinajstić information content (AvgIpc) is 2.16. The first-order valence-corrected chi connectivity index (χ1v) is 4.21. The van der Waals surface area contributed by atoms with Gasteiger partial charge in [-0.05, 0) is 18.6 Å². The Balaban J connectivity index is 3.12. The fourth-order valence-corrected chi connectivity index (χ4v) is 1.22. The highest BCUT2D eigenvalue weighted by molar-refractivity contribution is 5.40. The highest BCUT2D eigenvalue weighted by Crippen LogP contribution is 2.25. The van der Waals surface area contributed by atoms with E-state index in [1.807, 2.05) is 25.1 Å². The molecule has 2 nitrogen and oxygen atoms in total. The largest absolute Gasteiger partial charge is 0.496 e. The fourth-order valence-electron chi connectivity index (χ4n) is 1.22. The number of rotatable bonds is 3. The molecule has 13 heavy (non-hydrogen) atoms. The van der Waals surface area contributed by atoms with Crippen LogP contribution in [0.2, 0.25) is 0 Å². The highest BCUT2D eigenvalue weighted by Gasteiger charge is 2.07. The van der Waals surface area contributed by atoms with Gasteiger partial charge in [0.25, 0.3) is 0 Å². The van der Waals surface area contributed by atoms with E-state index in [1.165, 1.54) is 0 Å². The summed E-state index contributed by atoms with van der Waals surface area (Å²) in [4.78, 5) is 0. The number of ether oxygens (including phenoxy) is 1. The SMILES string of the molecule is C=C[C@@H](N)c1ccc(C)cc1OC. The lowest BCUT2D eigenvalue weighted by Gasteiger charge is -2.12. The molecule has 1 rings (SSSR count). The number of methoxy groups -OCH3 is 1. The molecule has 0 bridgehead atoms. The minimum Gasteiger partial charge on any atom is -0.496 e. The van der Waals surface area contributed by atoms with Crippen LogP contribution in [0.5, 0.6) is 5.75 Å². The maximum atomic E-state index is 5.82. The molecule has 1 aromatic rings. The molecule has 0 aliphatic heterocycles. The van der Waals surface area contributed by atoms with Gasteiger partial charge in [0.05, 0.1) is 13.2 Å². The van der Waals surface area contributed by atoms with Gasteiger partial charge in [-0.1, -0.05) is 18.2 Å². The molecule has 0 spiro atoms. The van der Waals surface area contributed by atoms with Crippen LogP contribution in [0.25, 0.3) is 0 Å². The van der Waals surface area contributed by atoms with Crippen molar-refractivity contribution in [1.29, 1.82) is 0 Å². The number of aryl methyl sites for hydroxylation is 1. The molecule has 0 heterocycles. The second kappa shape index (κ2) is 4.10. The van der Waals surface area contributed by atoms with E-state index in [2.05, 4.69) is 6.58 Å². The van der Waals surface area contributed by atoms with E-state index in [9.17, 15) is 0 Å². The minimum atomic E-state index is -0.157. The normalized spacial score (nSPS) is 12.2. The Hall–Kier alpha value is -1.28. The Bertz CT molecular complexity index is 307. The molecule has 0 aliphatic rings. The molecular weight excluding hydrogens is 162 g/mol. The fraction of sp³-hybridized carbons (Fsp3) is 0.273. The molecule has 0 unspecified atom stereocenters. The van der Waals surface area contributed by atoms with Crippen LogP contribution in [-0.4, -0.2) is 7.11 Å². The van der Waals surface area contributed by atoms with Crippen LogP contribution in [0.3, 0.4) is 0 Å². The van der Waals surface area contributed by atoms with Gasteiger partial charge in [-0.2, -0.15) is 0 Å². The van der Waals surface area contributed by atoms with E-state index < -0.39 is 0 Å². The molecule has 70 valence electrons. The van der Waals surface area contributed by atoms with Crippen LogP contribution in [0.1, 0.15) is 17.2 Å². The molecule has 2 N–H and O–H groups in total. The van der Waals surface area contributed by atoms with Gasteiger partial charge in [-0.25, -0.2) is 0 Å². The summed E-state index contributed by atoms with van der Waals surface area (Å²) in [5.74, 6) is 0.826. The molecule has 0 radical (unpaired) electrons. The molecule has 0 amide bonds. The van der Waals surface area contributed by atoms with Crippen LogP contribution < -0.4 is 10.5 Å². The van der Waals surface area contributed by atoms with Crippen molar-refractivity contribution in [3.63, 3.8) is 0 Å². The molecular formula is C11H15NO. The third-order valence-corrected chi connectivity index (χ3v) is 2.00. The standard InChI is InChI=1S/C11H15NO/c1-4-10(12)9-6-5-8(2)7-11(9)13-3/h4-7,10H,1,12H2,2-3H3/t10-/m1/s1. The smallest absolute Gasteiger partial charge is 0.124 e. The predicted octanol–water partition coefficient (Wildman–Crippen LogP) is 2.19. The summed E-state index contributed by atoms with van der Waals surface area (Å²) in [6, 6.07) is 5.80. The van der Waals surface area contributed by atoms with Crippen LogP contribution in [0, 0.1) is 6.92 Å². The zero-order valence-electron chi connectivity index (χ0n) is 8.08. The highest BCUT2D eigenvalue weighted by atomic mass is 16.5. The first-order valence-electron chi connectivity index (χ1n) is 4.21. The zero-order chi connectivity index (χ0) is 9.84. The van der Waals surface area contributed by atoms with Gasteiger partial charge in [0, 0.05) is 5.56 Å². The van der Waals surface area contributed by atoms with Crippen molar-refractivity contribution in [1.82, 2.24) is 0 Å². The Labute approximate surface area is 79.0 Å². The van der Waals surface area contributed by atoms with E-state index in [4.69, 9.17) is 10.5 Å². The molecule has 0 fully saturated rings. The van der Waals surface area contributed by atoms with Crippen LogP contribution >= 0.6 is 0 Å². The third-order valence-electron chi connectivity index (χ3n) is 2.00. The van der Waals surface area contributed by atoms with E-state index in [0.717, 1.165) is 16.9 Å². The molecule has 0 saturated carbocycles. The summed E-state index contributed by atoms with van der Waals surface area (Å²) >= 11 is 0. The van der Waals surface area contributed by atoms with Crippen molar-refractivity contribution in [3.05, 3.63) is 42.0 Å². The number of nitrogens with two attached hydrogens (primary N) is 1. The van der Waals surface area contributed by atoms with E-state index >= 15 is 0 Å². The van der Waals surface area contributed by atoms with Gasteiger partial charge in [-0.15, -0.1) is 6.58 Å². The van der Waals surface area contributed by atoms with Crippen molar-refractivity contribution in [3.8, 4) is 5.75 Å². The molecule has 1 aromatic carbocycles. The van der Waals surface area contributed by atoms with Crippen molar-refractivity contribution in [2.75, 3.05) is 7.11 Å². The lowest BCUT2D eigenvalue weighted by molar-refractivity contribution is 0.408. The lowest BCUT2D eigenvalue weighted by Crippen LogP contribution is -2.08. The maximum Gasteiger partial charge on any atom is 0.124 e. The number of benzene rings is 1. The van der Waals surface area contributed by atoms with Gasteiger partial charge in [0.2, 0.25) is 0 Å². The van der Waals surface area contributed by atoms with E-state index in [-0.39, 0.29) is 6.04 Å². The average molecular weight is 177 g/mol. The zero-order valence-corrected chi connectivity index (χ0v) is 8.08. The summed E-state index contributed by atoms with van der Waals surface area (Å²) in [5.41, 5.74) is 7.96. The summed E-state index contributed by atoms with van der Waals surface area (Å²) in [6.45, 7) is 5.67. The first kappa shape index (κ1) is 9.81. The van der Waals surface area contributed by atoms with Gasteiger partial charge < -0.3 is 10.5 Å². The summed E-state index contributed by atoms with van der Waals surface area (Å²) in [6.07, 6.45) is 1.70. The van der Waals surface area contributed by atoms with E-state index in [0.29, 0.717) is 0 Å². The van der Waals surface area contributed by atoms with Gasteiger partial charge in [0.15, 0.2) is 0 Å². The molecule has 1 atom stereocenters. The Kier molecular flexibility index (Phi) is 3.09. The maximum absolute atomic E-state index is 5.82. The van der Waals surface area contributed by atoms with Crippen molar-refractivity contribution >= 4 is 0 Å². The quantitative estimate of drug-likeness (QED) is 0.718. The Morgan fingerprint density at radius 3 is 2.77 bits per heavy atom. The monoisotopic (exact) mass is 177 g/mol.